The molecule has 0 bridgehead atoms. The van der Waals surface area contributed by atoms with Crippen LogP contribution in [0.4, 0.5) is 0 Å². The molecule has 4 heteroatoms. The van der Waals surface area contributed by atoms with Gasteiger partial charge in [-0.15, -0.1) is 0 Å². The molecule has 21 heavy (non-hydrogen) atoms. The quantitative estimate of drug-likeness (QED) is 0.708. The second-order valence-corrected chi connectivity index (χ2v) is 6.82. The van der Waals surface area contributed by atoms with Crippen LogP contribution in [0.2, 0.25) is 0 Å². The molecule has 2 N–H and O–H groups in total. The van der Waals surface area contributed by atoms with Crippen LogP contribution in [0.25, 0.3) is 0 Å². The summed E-state index contributed by atoms with van der Waals surface area (Å²) in [6.07, 6.45) is 12.2. The molecule has 0 unspecified atom stereocenters. The predicted octanol–water partition coefficient (Wildman–Crippen LogP) is 2.29. The highest BCUT2D eigenvalue weighted by atomic mass is 16.1. The van der Waals surface area contributed by atoms with Crippen molar-refractivity contribution in [2.75, 3.05) is 33.2 Å². The van der Waals surface area contributed by atoms with Crippen LogP contribution in [0.1, 0.15) is 64.2 Å². The van der Waals surface area contributed by atoms with E-state index in [-0.39, 0.29) is 11.4 Å². The SMILES string of the molecule is CNCCCC(=O)NCC1(N2CCCCC2)CCCCC1. The number of carbonyl (C=O) groups is 1. The highest BCUT2D eigenvalue weighted by Crippen LogP contribution is 2.35. The molecule has 0 aromatic rings. The second kappa shape index (κ2) is 8.74. The first kappa shape index (κ1) is 16.8. The molecule has 1 heterocycles. The number of carbonyl (C=O) groups excluding carboxylic acids is 1. The molecule has 1 aliphatic carbocycles. The van der Waals surface area contributed by atoms with Crippen molar-refractivity contribution in [2.45, 2.75) is 69.7 Å². The Morgan fingerprint density at radius 1 is 1.05 bits per heavy atom. The van der Waals surface area contributed by atoms with Gasteiger partial charge in [0, 0.05) is 18.5 Å². The zero-order chi connectivity index (χ0) is 15.0. The minimum Gasteiger partial charge on any atom is -0.354 e. The second-order valence-electron chi connectivity index (χ2n) is 6.82. The van der Waals surface area contributed by atoms with Gasteiger partial charge in [0.05, 0.1) is 0 Å². The summed E-state index contributed by atoms with van der Waals surface area (Å²) >= 11 is 0. The van der Waals surface area contributed by atoms with Gasteiger partial charge in [0.2, 0.25) is 5.91 Å². The minimum atomic E-state index is 0.229. The lowest BCUT2D eigenvalue weighted by atomic mass is 9.79. The molecule has 1 saturated heterocycles. The van der Waals surface area contributed by atoms with E-state index >= 15 is 0 Å². The third-order valence-electron chi connectivity index (χ3n) is 5.26. The minimum absolute atomic E-state index is 0.229. The molecule has 0 atom stereocenters. The summed E-state index contributed by atoms with van der Waals surface area (Å²) in [5.41, 5.74) is 0.261. The number of rotatable bonds is 7. The van der Waals surface area contributed by atoms with Gasteiger partial charge in [-0.1, -0.05) is 25.7 Å². The van der Waals surface area contributed by atoms with Crippen LogP contribution < -0.4 is 10.6 Å². The largest absolute Gasteiger partial charge is 0.354 e. The average Bonchev–Trinajstić information content (AvgIpc) is 2.55. The molecule has 2 rings (SSSR count). The Hall–Kier alpha value is -0.610. The van der Waals surface area contributed by atoms with Crippen molar-refractivity contribution in [3.8, 4) is 0 Å². The van der Waals surface area contributed by atoms with Crippen molar-refractivity contribution >= 4 is 5.91 Å². The van der Waals surface area contributed by atoms with Gasteiger partial charge >= 0.3 is 0 Å². The normalized spacial score (nSPS) is 22.9. The molecule has 0 spiro atoms. The number of likely N-dealkylation sites (tertiary alicyclic amines) is 1. The van der Waals surface area contributed by atoms with Crippen LogP contribution in [0.3, 0.4) is 0 Å². The summed E-state index contributed by atoms with van der Waals surface area (Å²) in [6, 6.07) is 0. The molecular formula is C17H33N3O. The number of hydrogen-bond acceptors (Lipinski definition) is 3. The topological polar surface area (TPSA) is 44.4 Å². The summed E-state index contributed by atoms with van der Waals surface area (Å²) in [7, 11) is 1.94. The summed E-state index contributed by atoms with van der Waals surface area (Å²) in [5.74, 6) is 0.229. The van der Waals surface area contributed by atoms with E-state index < -0.39 is 0 Å². The molecule has 0 radical (unpaired) electrons. The van der Waals surface area contributed by atoms with Crippen molar-refractivity contribution in [3.05, 3.63) is 0 Å². The van der Waals surface area contributed by atoms with Crippen LogP contribution in [0.5, 0.6) is 0 Å². The van der Waals surface area contributed by atoms with E-state index in [1.54, 1.807) is 0 Å². The van der Waals surface area contributed by atoms with Crippen molar-refractivity contribution in [1.82, 2.24) is 15.5 Å². The molecule has 4 nitrogen and oxygen atoms in total. The van der Waals surface area contributed by atoms with E-state index in [9.17, 15) is 4.79 Å². The molecule has 0 aromatic heterocycles. The lowest BCUT2D eigenvalue weighted by Gasteiger charge is -2.48. The van der Waals surface area contributed by atoms with E-state index in [0.29, 0.717) is 6.42 Å². The Bertz CT molecular complexity index is 307. The van der Waals surface area contributed by atoms with E-state index in [2.05, 4.69) is 15.5 Å². The van der Waals surface area contributed by atoms with Crippen LogP contribution in [-0.2, 0) is 4.79 Å². The van der Waals surface area contributed by atoms with Crippen LogP contribution >= 0.6 is 0 Å². The molecule has 2 aliphatic rings. The first-order valence-electron chi connectivity index (χ1n) is 8.93. The fourth-order valence-electron chi connectivity index (χ4n) is 3.96. The molecule has 1 saturated carbocycles. The standard InChI is InChI=1S/C17H33N3O/c1-18-12-8-9-16(21)19-15-17(10-4-2-5-11-17)20-13-6-3-7-14-20/h18H,2-15H2,1H3,(H,19,21). The first-order chi connectivity index (χ1) is 10.3. The molecule has 0 aromatic carbocycles. The van der Waals surface area contributed by atoms with E-state index in [4.69, 9.17) is 0 Å². The van der Waals surface area contributed by atoms with Gasteiger partial charge in [-0.25, -0.2) is 0 Å². The van der Waals surface area contributed by atoms with Gasteiger partial charge in [-0.2, -0.15) is 0 Å². The highest BCUT2D eigenvalue weighted by molar-refractivity contribution is 5.75. The Labute approximate surface area is 130 Å². The Kier molecular flexibility index (Phi) is 6.97. The number of nitrogens with one attached hydrogen (secondary N) is 2. The van der Waals surface area contributed by atoms with Crippen molar-refractivity contribution < 1.29 is 4.79 Å². The van der Waals surface area contributed by atoms with Crippen molar-refractivity contribution in [1.29, 1.82) is 0 Å². The zero-order valence-corrected chi connectivity index (χ0v) is 13.8. The van der Waals surface area contributed by atoms with E-state index in [1.807, 2.05) is 7.05 Å². The van der Waals surface area contributed by atoms with Gasteiger partial charge in [-0.3, -0.25) is 9.69 Å². The average molecular weight is 295 g/mol. The van der Waals surface area contributed by atoms with Crippen molar-refractivity contribution in [2.24, 2.45) is 0 Å². The van der Waals surface area contributed by atoms with Gasteiger partial charge in [-0.05, 0) is 58.8 Å². The number of amides is 1. The smallest absolute Gasteiger partial charge is 0.220 e. The number of hydrogen-bond donors (Lipinski definition) is 2. The van der Waals surface area contributed by atoms with Gasteiger partial charge in [0.15, 0.2) is 0 Å². The summed E-state index contributed by atoms with van der Waals surface area (Å²) in [6.45, 7) is 4.25. The van der Waals surface area contributed by atoms with Crippen molar-refractivity contribution in [3.63, 3.8) is 0 Å². The summed E-state index contributed by atoms with van der Waals surface area (Å²) < 4.78 is 0. The monoisotopic (exact) mass is 295 g/mol. The van der Waals surface area contributed by atoms with E-state index in [1.165, 1.54) is 64.5 Å². The third kappa shape index (κ3) is 4.96. The fraction of sp³-hybridized carbons (Fsp3) is 0.941. The predicted molar refractivity (Wildman–Crippen MR) is 87.4 cm³/mol. The molecule has 1 aliphatic heterocycles. The van der Waals surface area contributed by atoms with E-state index in [0.717, 1.165) is 19.5 Å². The number of piperidine rings is 1. The summed E-state index contributed by atoms with van der Waals surface area (Å²) in [5, 5.41) is 6.34. The maximum atomic E-state index is 12.0. The maximum absolute atomic E-state index is 12.0. The fourth-order valence-corrected chi connectivity index (χ4v) is 3.96. The van der Waals surface area contributed by atoms with Gasteiger partial charge < -0.3 is 10.6 Å². The number of nitrogens with zero attached hydrogens (tertiary/aromatic N) is 1. The Morgan fingerprint density at radius 2 is 1.71 bits per heavy atom. The van der Waals surface area contributed by atoms with Crippen LogP contribution in [0.15, 0.2) is 0 Å². The molecular weight excluding hydrogens is 262 g/mol. The third-order valence-corrected chi connectivity index (χ3v) is 5.26. The van der Waals surface area contributed by atoms with Crippen LogP contribution in [-0.4, -0.2) is 49.6 Å². The maximum Gasteiger partial charge on any atom is 0.220 e. The lowest BCUT2D eigenvalue weighted by molar-refractivity contribution is -0.122. The Morgan fingerprint density at radius 3 is 2.38 bits per heavy atom. The molecule has 1 amide bonds. The first-order valence-corrected chi connectivity index (χ1v) is 8.93. The van der Waals surface area contributed by atoms with Gasteiger partial charge in [0.1, 0.15) is 0 Å². The van der Waals surface area contributed by atoms with Gasteiger partial charge in [0.25, 0.3) is 0 Å². The zero-order valence-electron chi connectivity index (χ0n) is 13.8. The lowest BCUT2D eigenvalue weighted by Crippen LogP contribution is -2.58. The highest BCUT2D eigenvalue weighted by Gasteiger charge is 2.38. The molecule has 2 fully saturated rings. The molecule has 122 valence electrons. The summed E-state index contributed by atoms with van der Waals surface area (Å²) in [4.78, 5) is 14.7. The van der Waals surface area contributed by atoms with Crippen LogP contribution in [0, 0.1) is 0 Å². The Balaban J connectivity index is 1.85.